The van der Waals surface area contributed by atoms with Gasteiger partial charge in [0.2, 0.25) is 0 Å². The van der Waals surface area contributed by atoms with Gasteiger partial charge in [0.05, 0.1) is 11.8 Å². The van der Waals surface area contributed by atoms with E-state index in [1.165, 1.54) is 12.1 Å². The maximum absolute atomic E-state index is 13.6. The summed E-state index contributed by atoms with van der Waals surface area (Å²) in [5.41, 5.74) is 1.26. The first-order chi connectivity index (χ1) is 8.56. The number of aryl methyl sites for hydroxylation is 1. The van der Waals surface area contributed by atoms with Crippen LogP contribution >= 0.6 is 0 Å². The van der Waals surface area contributed by atoms with E-state index in [1.807, 2.05) is 0 Å². The van der Waals surface area contributed by atoms with Crippen LogP contribution in [0.3, 0.4) is 0 Å². The second kappa shape index (κ2) is 5.18. The van der Waals surface area contributed by atoms with Crippen molar-refractivity contribution in [1.29, 1.82) is 0 Å². The molecule has 0 aliphatic heterocycles. The van der Waals surface area contributed by atoms with Gasteiger partial charge in [0, 0.05) is 6.07 Å². The summed E-state index contributed by atoms with van der Waals surface area (Å²) in [6.45, 7) is 3.49. The van der Waals surface area contributed by atoms with Gasteiger partial charge in [0.25, 0.3) is 0 Å². The largest absolute Gasteiger partial charge is 0.482 e. The van der Waals surface area contributed by atoms with Crippen LogP contribution < -0.4 is 4.74 Å². The molecule has 18 heavy (non-hydrogen) atoms. The zero-order chi connectivity index (χ0) is 13.1. The Morgan fingerprint density at radius 1 is 1.44 bits per heavy atom. The summed E-state index contributed by atoms with van der Waals surface area (Å²) in [6, 6.07) is 6.09. The SMILES string of the molecule is Cc1cc(COc2ccc(C(C)O)cc2F)on1. The lowest BCUT2D eigenvalue weighted by Gasteiger charge is -2.08. The van der Waals surface area contributed by atoms with Gasteiger partial charge in [-0.1, -0.05) is 11.2 Å². The minimum atomic E-state index is -0.703. The van der Waals surface area contributed by atoms with E-state index in [4.69, 9.17) is 9.26 Å². The number of hydrogen-bond donors (Lipinski definition) is 1. The van der Waals surface area contributed by atoms with Crippen LogP contribution in [0.4, 0.5) is 4.39 Å². The molecule has 5 heteroatoms. The van der Waals surface area contributed by atoms with E-state index >= 15 is 0 Å². The molecule has 1 aromatic heterocycles. The fourth-order valence-corrected chi connectivity index (χ4v) is 1.53. The molecule has 0 spiro atoms. The minimum absolute atomic E-state index is 0.117. The summed E-state index contributed by atoms with van der Waals surface area (Å²) in [7, 11) is 0. The lowest BCUT2D eigenvalue weighted by molar-refractivity contribution is 0.198. The van der Waals surface area contributed by atoms with Crippen LogP contribution in [0.15, 0.2) is 28.8 Å². The quantitative estimate of drug-likeness (QED) is 0.907. The van der Waals surface area contributed by atoms with Crippen molar-refractivity contribution in [3.8, 4) is 5.75 Å². The van der Waals surface area contributed by atoms with E-state index in [0.29, 0.717) is 11.3 Å². The van der Waals surface area contributed by atoms with Gasteiger partial charge in [-0.25, -0.2) is 4.39 Å². The first kappa shape index (κ1) is 12.6. The molecule has 4 nitrogen and oxygen atoms in total. The van der Waals surface area contributed by atoms with E-state index < -0.39 is 11.9 Å². The monoisotopic (exact) mass is 251 g/mol. The first-order valence-electron chi connectivity index (χ1n) is 5.59. The average Bonchev–Trinajstić information content (AvgIpc) is 2.73. The lowest BCUT2D eigenvalue weighted by Crippen LogP contribution is -1.98. The molecule has 1 unspecified atom stereocenters. The van der Waals surface area contributed by atoms with Crippen LogP contribution in [-0.2, 0) is 6.61 Å². The normalized spacial score (nSPS) is 12.4. The molecule has 0 radical (unpaired) electrons. The number of halogens is 1. The van der Waals surface area contributed by atoms with E-state index in [0.717, 1.165) is 5.69 Å². The highest BCUT2D eigenvalue weighted by Crippen LogP contribution is 2.22. The molecule has 2 rings (SSSR count). The summed E-state index contributed by atoms with van der Waals surface area (Å²) < 4.78 is 23.9. The summed E-state index contributed by atoms with van der Waals surface area (Å²) in [6.07, 6.45) is -0.703. The third-order valence-electron chi connectivity index (χ3n) is 2.49. The molecular weight excluding hydrogens is 237 g/mol. The van der Waals surface area contributed by atoms with Crippen molar-refractivity contribution in [1.82, 2.24) is 5.16 Å². The molecule has 0 bridgehead atoms. The van der Waals surface area contributed by atoms with Crippen molar-refractivity contribution >= 4 is 0 Å². The molecule has 0 fully saturated rings. The number of benzene rings is 1. The van der Waals surface area contributed by atoms with Crippen LogP contribution in [0.2, 0.25) is 0 Å². The summed E-state index contributed by atoms with van der Waals surface area (Å²) in [5.74, 6) is 0.143. The smallest absolute Gasteiger partial charge is 0.174 e. The van der Waals surface area contributed by atoms with Gasteiger partial charge >= 0.3 is 0 Å². The second-order valence-corrected chi connectivity index (χ2v) is 4.09. The third kappa shape index (κ3) is 2.87. The number of rotatable bonds is 4. The lowest BCUT2D eigenvalue weighted by atomic mass is 10.1. The number of ether oxygens (including phenoxy) is 1. The van der Waals surface area contributed by atoms with Crippen LogP contribution in [0, 0.1) is 12.7 Å². The molecule has 0 saturated carbocycles. The zero-order valence-electron chi connectivity index (χ0n) is 10.2. The predicted octanol–water partition coefficient (Wildman–Crippen LogP) is 2.75. The summed E-state index contributed by atoms with van der Waals surface area (Å²) in [5, 5.41) is 13.0. The van der Waals surface area contributed by atoms with Crippen LogP contribution in [0.1, 0.15) is 30.0 Å². The molecule has 1 aromatic carbocycles. The maximum Gasteiger partial charge on any atom is 0.174 e. The Morgan fingerprint density at radius 2 is 2.22 bits per heavy atom. The fraction of sp³-hybridized carbons (Fsp3) is 0.308. The van der Waals surface area contributed by atoms with E-state index in [9.17, 15) is 9.50 Å². The van der Waals surface area contributed by atoms with Gasteiger partial charge in [0.1, 0.15) is 6.61 Å². The van der Waals surface area contributed by atoms with Gasteiger partial charge < -0.3 is 14.4 Å². The highest BCUT2D eigenvalue weighted by molar-refractivity contribution is 5.30. The molecule has 1 atom stereocenters. The summed E-state index contributed by atoms with van der Waals surface area (Å²) in [4.78, 5) is 0. The van der Waals surface area contributed by atoms with Gasteiger partial charge in [-0.2, -0.15) is 0 Å². The van der Waals surface area contributed by atoms with Gasteiger partial charge in [-0.15, -0.1) is 0 Å². The Bertz CT molecular complexity index is 537. The number of aliphatic hydroxyl groups is 1. The standard InChI is InChI=1S/C13H14FNO3/c1-8-5-11(18-15-8)7-17-13-4-3-10(9(2)16)6-12(13)14/h3-6,9,16H,7H2,1-2H3. The number of aromatic nitrogens is 1. The average molecular weight is 251 g/mol. The maximum atomic E-state index is 13.6. The Balaban J connectivity index is 2.05. The zero-order valence-corrected chi connectivity index (χ0v) is 10.2. The highest BCUT2D eigenvalue weighted by Gasteiger charge is 2.09. The highest BCUT2D eigenvalue weighted by atomic mass is 19.1. The summed E-state index contributed by atoms with van der Waals surface area (Å²) >= 11 is 0. The van der Waals surface area contributed by atoms with Crippen molar-refractivity contribution in [2.75, 3.05) is 0 Å². The number of hydrogen-bond acceptors (Lipinski definition) is 4. The Labute approximate surface area is 104 Å². The molecule has 1 heterocycles. The van der Waals surface area contributed by atoms with Crippen molar-refractivity contribution in [2.45, 2.75) is 26.6 Å². The molecule has 2 aromatic rings. The van der Waals surface area contributed by atoms with Crippen molar-refractivity contribution in [3.63, 3.8) is 0 Å². The molecule has 0 amide bonds. The van der Waals surface area contributed by atoms with Crippen molar-refractivity contribution < 1.29 is 18.8 Å². The van der Waals surface area contributed by atoms with Crippen molar-refractivity contribution in [2.24, 2.45) is 0 Å². The van der Waals surface area contributed by atoms with E-state index in [2.05, 4.69) is 5.16 Å². The molecular formula is C13H14FNO3. The number of nitrogens with zero attached hydrogens (tertiary/aromatic N) is 1. The van der Waals surface area contributed by atoms with E-state index in [-0.39, 0.29) is 12.4 Å². The molecule has 96 valence electrons. The van der Waals surface area contributed by atoms with Crippen LogP contribution in [-0.4, -0.2) is 10.3 Å². The van der Waals surface area contributed by atoms with Crippen LogP contribution in [0.5, 0.6) is 5.75 Å². The topological polar surface area (TPSA) is 55.5 Å². The fourth-order valence-electron chi connectivity index (χ4n) is 1.53. The Morgan fingerprint density at radius 3 is 2.78 bits per heavy atom. The molecule has 0 aliphatic carbocycles. The Kier molecular flexibility index (Phi) is 3.62. The first-order valence-corrected chi connectivity index (χ1v) is 5.59. The van der Waals surface area contributed by atoms with Gasteiger partial charge in [-0.3, -0.25) is 0 Å². The molecule has 1 N–H and O–H groups in total. The third-order valence-corrected chi connectivity index (χ3v) is 2.49. The predicted molar refractivity (Wildman–Crippen MR) is 62.6 cm³/mol. The Hall–Kier alpha value is -1.88. The van der Waals surface area contributed by atoms with Crippen LogP contribution in [0.25, 0.3) is 0 Å². The second-order valence-electron chi connectivity index (χ2n) is 4.09. The molecule has 0 aliphatic rings. The van der Waals surface area contributed by atoms with Crippen molar-refractivity contribution in [3.05, 3.63) is 47.1 Å². The van der Waals surface area contributed by atoms with E-state index in [1.54, 1.807) is 26.0 Å². The number of aliphatic hydroxyl groups excluding tert-OH is 1. The van der Waals surface area contributed by atoms with Gasteiger partial charge in [0.15, 0.2) is 17.3 Å². The molecule has 0 saturated heterocycles. The van der Waals surface area contributed by atoms with Gasteiger partial charge in [-0.05, 0) is 31.5 Å². The minimum Gasteiger partial charge on any atom is -0.482 e.